The van der Waals surface area contributed by atoms with E-state index in [-0.39, 0.29) is 18.6 Å². The van der Waals surface area contributed by atoms with Gasteiger partial charge < -0.3 is 25.0 Å². The maximum absolute atomic E-state index is 12.3. The van der Waals surface area contributed by atoms with Gasteiger partial charge in [-0.2, -0.15) is 0 Å². The van der Waals surface area contributed by atoms with Gasteiger partial charge in [-0.1, -0.05) is 0 Å². The predicted octanol–water partition coefficient (Wildman–Crippen LogP) is -0.452. The predicted molar refractivity (Wildman–Crippen MR) is 73.8 cm³/mol. The fraction of sp³-hybridized carbons (Fsp3) is 0.615. The van der Waals surface area contributed by atoms with Crippen LogP contribution in [0.4, 0.5) is 0 Å². The average Bonchev–Trinajstić information content (AvgIpc) is 2.94. The first-order chi connectivity index (χ1) is 10.1. The van der Waals surface area contributed by atoms with E-state index in [0.29, 0.717) is 44.7 Å². The van der Waals surface area contributed by atoms with Crippen LogP contribution in [0.1, 0.15) is 23.3 Å². The number of piperidine rings is 1. The molecular formula is C13H20N4O4. The number of carbonyl (C=O) groups excluding carboxylic acids is 1. The van der Waals surface area contributed by atoms with E-state index in [0.717, 1.165) is 0 Å². The van der Waals surface area contributed by atoms with Gasteiger partial charge in [0.25, 0.3) is 5.91 Å². The number of nitrogens with zero attached hydrogens (tertiary/aromatic N) is 3. The van der Waals surface area contributed by atoms with Crippen molar-refractivity contribution in [2.24, 2.45) is 5.73 Å². The molecule has 21 heavy (non-hydrogen) atoms. The fourth-order valence-electron chi connectivity index (χ4n) is 2.32. The number of amides is 1. The van der Waals surface area contributed by atoms with Crippen LogP contribution in [0.2, 0.25) is 0 Å². The highest BCUT2D eigenvalue weighted by Gasteiger charge is 2.25. The molecule has 0 aromatic carbocycles. The number of ether oxygens (including phenoxy) is 1. The lowest BCUT2D eigenvalue weighted by Crippen LogP contribution is -2.41. The fourth-order valence-corrected chi connectivity index (χ4v) is 2.32. The Morgan fingerprint density at radius 1 is 1.43 bits per heavy atom. The highest BCUT2D eigenvalue weighted by Crippen LogP contribution is 2.15. The van der Waals surface area contributed by atoms with Crippen LogP contribution in [0.5, 0.6) is 0 Å². The molecule has 8 heteroatoms. The minimum absolute atomic E-state index is 0.0973. The number of aromatic nitrogens is 2. The molecule has 116 valence electrons. The van der Waals surface area contributed by atoms with Crippen LogP contribution in [-0.2, 0) is 16.1 Å². The van der Waals surface area contributed by atoms with Crippen molar-refractivity contribution in [1.82, 2.24) is 14.5 Å². The number of nitrogens with two attached hydrogens (primary N) is 1. The first-order valence-electron chi connectivity index (χ1n) is 6.94. The minimum Gasteiger partial charge on any atom is -0.480 e. The third-order valence-corrected chi connectivity index (χ3v) is 3.41. The van der Waals surface area contributed by atoms with Crippen LogP contribution in [0.25, 0.3) is 0 Å². The summed E-state index contributed by atoms with van der Waals surface area (Å²) in [5.74, 6) is -1.08. The Hall–Kier alpha value is -1.93. The van der Waals surface area contributed by atoms with Crippen molar-refractivity contribution in [2.75, 3.05) is 26.2 Å². The Labute approximate surface area is 122 Å². The summed E-state index contributed by atoms with van der Waals surface area (Å²) >= 11 is 0. The molecule has 0 spiro atoms. The maximum Gasteiger partial charge on any atom is 0.329 e. The molecule has 1 saturated heterocycles. The number of rotatable bonds is 6. The molecule has 0 saturated carbocycles. The number of aliphatic carboxylic acids is 1. The number of hydrogen-bond acceptors (Lipinski definition) is 5. The van der Waals surface area contributed by atoms with Crippen molar-refractivity contribution in [2.45, 2.75) is 25.5 Å². The van der Waals surface area contributed by atoms with E-state index in [4.69, 9.17) is 15.6 Å². The van der Waals surface area contributed by atoms with E-state index < -0.39 is 5.97 Å². The third kappa shape index (κ3) is 4.27. The van der Waals surface area contributed by atoms with Crippen molar-refractivity contribution in [1.29, 1.82) is 0 Å². The number of carbonyl (C=O) groups is 2. The van der Waals surface area contributed by atoms with E-state index in [1.165, 1.54) is 0 Å². The van der Waals surface area contributed by atoms with Crippen LogP contribution in [0, 0.1) is 0 Å². The van der Waals surface area contributed by atoms with Crippen LogP contribution in [0.3, 0.4) is 0 Å². The molecule has 0 bridgehead atoms. The van der Waals surface area contributed by atoms with Crippen molar-refractivity contribution in [3.05, 3.63) is 18.2 Å². The third-order valence-electron chi connectivity index (χ3n) is 3.41. The minimum atomic E-state index is -0.973. The molecule has 2 rings (SSSR count). The number of carboxylic acid groups (broad SMARTS) is 1. The van der Waals surface area contributed by atoms with Gasteiger partial charge in [0.15, 0.2) is 0 Å². The van der Waals surface area contributed by atoms with Gasteiger partial charge in [-0.25, -0.2) is 9.78 Å². The summed E-state index contributed by atoms with van der Waals surface area (Å²) in [6.07, 6.45) is 4.48. The molecule has 0 unspecified atom stereocenters. The van der Waals surface area contributed by atoms with E-state index in [2.05, 4.69) is 4.98 Å². The molecule has 1 aliphatic heterocycles. The Bertz CT molecular complexity index is 494. The van der Waals surface area contributed by atoms with Gasteiger partial charge >= 0.3 is 5.97 Å². The first kappa shape index (κ1) is 15.5. The Balaban J connectivity index is 1.83. The summed E-state index contributed by atoms with van der Waals surface area (Å²) in [6, 6.07) is 0. The van der Waals surface area contributed by atoms with Crippen LogP contribution < -0.4 is 5.73 Å². The lowest BCUT2D eigenvalue weighted by molar-refractivity contribution is -0.145. The summed E-state index contributed by atoms with van der Waals surface area (Å²) < 4.78 is 7.03. The van der Waals surface area contributed by atoms with Crippen LogP contribution in [-0.4, -0.2) is 63.8 Å². The normalized spacial score (nSPS) is 16.1. The maximum atomic E-state index is 12.3. The first-order valence-corrected chi connectivity index (χ1v) is 6.94. The quantitative estimate of drug-likeness (QED) is 0.735. The summed E-state index contributed by atoms with van der Waals surface area (Å²) in [6.45, 7) is 1.93. The number of imidazole rings is 1. The second-order valence-electron chi connectivity index (χ2n) is 4.98. The van der Waals surface area contributed by atoms with Crippen molar-refractivity contribution >= 4 is 11.9 Å². The number of hydrogen-bond donors (Lipinski definition) is 2. The van der Waals surface area contributed by atoms with E-state index in [1.54, 1.807) is 22.0 Å². The molecular weight excluding hydrogens is 276 g/mol. The summed E-state index contributed by atoms with van der Waals surface area (Å²) in [4.78, 5) is 28.5. The summed E-state index contributed by atoms with van der Waals surface area (Å²) in [7, 11) is 0. The molecule has 3 N–H and O–H groups in total. The molecule has 1 aliphatic rings. The smallest absolute Gasteiger partial charge is 0.329 e. The van der Waals surface area contributed by atoms with E-state index in [9.17, 15) is 9.59 Å². The molecule has 1 amide bonds. The average molecular weight is 296 g/mol. The van der Waals surface area contributed by atoms with Gasteiger partial charge in [0.2, 0.25) is 0 Å². The summed E-state index contributed by atoms with van der Waals surface area (Å²) in [5, 5.41) is 8.57. The standard InChI is InChI=1S/C13H20N4O4/c14-3-6-16-7-11(15-9-16)13(20)17-4-1-10(2-5-17)21-8-12(18)19/h7,9-10H,1-6,8,14H2,(H,18,19). The largest absolute Gasteiger partial charge is 0.480 e. The lowest BCUT2D eigenvalue weighted by atomic mass is 10.1. The number of carboxylic acids is 1. The van der Waals surface area contributed by atoms with Crippen molar-refractivity contribution in [3.8, 4) is 0 Å². The molecule has 0 atom stereocenters. The molecule has 1 aromatic rings. The zero-order valence-corrected chi connectivity index (χ0v) is 11.8. The van der Waals surface area contributed by atoms with E-state index >= 15 is 0 Å². The monoisotopic (exact) mass is 296 g/mol. The van der Waals surface area contributed by atoms with Crippen molar-refractivity contribution in [3.63, 3.8) is 0 Å². The van der Waals surface area contributed by atoms with Crippen LogP contribution >= 0.6 is 0 Å². The Kier molecular flexibility index (Phi) is 5.29. The van der Waals surface area contributed by atoms with Crippen LogP contribution in [0.15, 0.2) is 12.5 Å². The number of likely N-dealkylation sites (tertiary alicyclic amines) is 1. The summed E-state index contributed by atoms with van der Waals surface area (Å²) in [5.41, 5.74) is 5.86. The van der Waals surface area contributed by atoms with Gasteiger partial charge in [0.05, 0.1) is 12.4 Å². The molecule has 8 nitrogen and oxygen atoms in total. The highest BCUT2D eigenvalue weighted by molar-refractivity contribution is 5.92. The SMILES string of the molecule is NCCn1cnc(C(=O)N2CCC(OCC(=O)O)CC2)c1. The van der Waals surface area contributed by atoms with Gasteiger partial charge in [-0.3, -0.25) is 4.79 Å². The molecule has 0 radical (unpaired) electrons. The zero-order valence-electron chi connectivity index (χ0n) is 11.8. The topological polar surface area (TPSA) is 111 Å². The Morgan fingerprint density at radius 2 is 2.14 bits per heavy atom. The van der Waals surface area contributed by atoms with Gasteiger partial charge in [0, 0.05) is 32.4 Å². The van der Waals surface area contributed by atoms with E-state index in [1.807, 2.05) is 0 Å². The lowest BCUT2D eigenvalue weighted by Gasteiger charge is -2.31. The van der Waals surface area contributed by atoms with Gasteiger partial charge in [-0.15, -0.1) is 0 Å². The second-order valence-corrected chi connectivity index (χ2v) is 4.98. The zero-order chi connectivity index (χ0) is 15.2. The highest BCUT2D eigenvalue weighted by atomic mass is 16.5. The molecule has 2 heterocycles. The second kappa shape index (κ2) is 7.19. The Morgan fingerprint density at radius 3 is 2.76 bits per heavy atom. The van der Waals surface area contributed by atoms with Gasteiger partial charge in [-0.05, 0) is 12.8 Å². The molecule has 0 aliphatic carbocycles. The van der Waals surface area contributed by atoms with Crippen molar-refractivity contribution < 1.29 is 19.4 Å². The van der Waals surface area contributed by atoms with Gasteiger partial charge in [0.1, 0.15) is 12.3 Å². The molecule has 1 aromatic heterocycles. The molecule has 1 fully saturated rings.